The molecule has 23 heavy (non-hydrogen) atoms. The predicted octanol–water partition coefficient (Wildman–Crippen LogP) is 2.15. The van der Waals surface area contributed by atoms with Crippen LogP contribution in [0.4, 0.5) is 5.69 Å². The lowest BCUT2D eigenvalue weighted by Crippen LogP contribution is -2.49. The zero-order valence-electron chi connectivity index (χ0n) is 13.5. The van der Waals surface area contributed by atoms with E-state index in [-0.39, 0.29) is 24.0 Å². The number of fused-ring (bicyclic) bond motifs is 1. The van der Waals surface area contributed by atoms with Crippen molar-refractivity contribution in [3.63, 3.8) is 0 Å². The van der Waals surface area contributed by atoms with Gasteiger partial charge >= 0.3 is 0 Å². The SMILES string of the molecule is CC1CN(C(=O)CCN2C(=O)CSc3ccccc32)CC(C)O1. The maximum absolute atomic E-state index is 12.5. The Hall–Kier alpha value is -1.53. The Bertz CT molecular complexity index is 597. The van der Waals surface area contributed by atoms with E-state index in [1.54, 1.807) is 16.7 Å². The van der Waals surface area contributed by atoms with Crippen LogP contribution >= 0.6 is 11.8 Å². The van der Waals surface area contributed by atoms with Crippen LogP contribution in [0.15, 0.2) is 29.2 Å². The summed E-state index contributed by atoms with van der Waals surface area (Å²) < 4.78 is 5.66. The molecule has 6 heteroatoms. The van der Waals surface area contributed by atoms with Crippen LogP contribution in [0.5, 0.6) is 0 Å². The van der Waals surface area contributed by atoms with Gasteiger partial charge in [-0.2, -0.15) is 0 Å². The highest BCUT2D eigenvalue weighted by atomic mass is 32.2. The maximum Gasteiger partial charge on any atom is 0.237 e. The van der Waals surface area contributed by atoms with Crippen LogP contribution in [0, 0.1) is 0 Å². The molecule has 2 aliphatic heterocycles. The molecule has 0 bridgehead atoms. The second kappa shape index (κ2) is 6.93. The lowest BCUT2D eigenvalue weighted by atomic mass is 10.2. The minimum absolute atomic E-state index is 0.0662. The number of hydrogen-bond acceptors (Lipinski definition) is 4. The minimum Gasteiger partial charge on any atom is -0.372 e. The van der Waals surface area contributed by atoms with Crippen molar-refractivity contribution in [2.75, 3.05) is 30.3 Å². The van der Waals surface area contributed by atoms with E-state index in [2.05, 4.69) is 0 Å². The van der Waals surface area contributed by atoms with Crippen molar-refractivity contribution in [2.45, 2.75) is 37.4 Å². The number of hydrogen-bond donors (Lipinski definition) is 0. The van der Waals surface area contributed by atoms with E-state index in [0.717, 1.165) is 10.6 Å². The number of morpholine rings is 1. The van der Waals surface area contributed by atoms with Crippen molar-refractivity contribution in [3.8, 4) is 0 Å². The maximum atomic E-state index is 12.5. The van der Waals surface area contributed by atoms with E-state index >= 15 is 0 Å². The molecule has 0 aromatic heterocycles. The summed E-state index contributed by atoms with van der Waals surface area (Å²) >= 11 is 1.56. The van der Waals surface area contributed by atoms with Crippen molar-refractivity contribution < 1.29 is 14.3 Å². The molecule has 2 heterocycles. The molecule has 2 unspecified atom stereocenters. The highest BCUT2D eigenvalue weighted by Crippen LogP contribution is 2.34. The molecule has 1 aromatic carbocycles. The Morgan fingerprint density at radius 2 is 1.96 bits per heavy atom. The smallest absolute Gasteiger partial charge is 0.237 e. The standard InChI is InChI=1S/C17H22N2O3S/c1-12-9-18(10-13(2)22-12)16(20)7-8-19-14-5-3-4-6-15(14)23-11-17(19)21/h3-6,12-13H,7-11H2,1-2H3. The highest BCUT2D eigenvalue weighted by molar-refractivity contribution is 8.00. The fourth-order valence-corrected chi connectivity index (χ4v) is 4.08. The minimum atomic E-state index is 0.0662. The van der Waals surface area contributed by atoms with Gasteiger partial charge in [0.1, 0.15) is 0 Å². The van der Waals surface area contributed by atoms with E-state index in [9.17, 15) is 9.59 Å². The third kappa shape index (κ3) is 3.70. The summed E-state index contributed by atoms with van der Waals surface area (Å²) in [6.45, 7) is 5.66. The van der Waals surface area contributed by atoms with Gasteiger partial charge in [0, 0.05) is 31.0 Å². The van der Waals surface area contributed by atoms with Crippen LogP contribution in [0.2, 0.25) is 0 Å². The molecular formula is C17H22N2O3S. The first-order valence-electron chi connectivity index (χ1n) is 8.00. The zero-order chi connectivity index (χ0) is 16.4. The van der Waals surface area contributed by atoms with E-state index in [1.165, 1.54) is 0 Å². The van der Waals surface area contributed by atoms with Crippen molar-refractivity contribution >= 4 is 29.3 Å². The second-order valence-corrected chi connectivity index (χ2v) is 7.12. The number of para-hydroxylation sites is 1. The molecule has 1 aromatic rings. The Balaban J connectivity index is 1.64. The number of rotatable bonds is 3. The Morgan fingerprint density at radius 1 is 1.26 bits per heavy atom. The highest BCUT2D eigenvalue weighted by Gasteiger charge is 2.28. The van der Waals surface area contributed by atoms with Gasteiger partial charge in [0.25, 0.3) is 0 Å². The average Bonchev–Trinajstić information content (AvgIpc) is 2.52. The van der Waals surface area contributed by atoms with Crippen LogP contribution in [0.1, 0.15) is 20.3 Å². The summed E-state index contributed by atoms with van der Waals surface area (Å²) in [5.74, 6) is 0.609. The molecule has 5 nitrogen and oxygen atoms in total. The fourth-order valence-electron chi connectivity index (χ4n) is 3.15. The first-order chi connectivity index (χ1) is 11.0. The van der Waals surface area contributed by atoms with E-state index in [4.69, 9.17) is 4.74 Å². The van der Waals surface area contributed by atoms with E-state index in [1.807, 2.05) is 43.0 Å². The topological polar surface area (TPSA) is 49.9 Å². The van der Waals surface area contributed by atoms with Gasteiger partial charge in [0.2, 0.25) is 11.8 Å². The predicted molar refractivity (Wildman–Crippen MR) is 90.7 cm³/mol. The molecule has 0 aliphatic carbocycles. The zero-order valence-corrected chi connectivity index (χ0v) is 14.3. The third-order valence-corrected chi connectivity index (χ3v) is 5.18. The van der Waals surface area contributed by atoms with Crippen molar-refractivity contribution in [2.24, 2.45) is 0 Å². The molecular weight excluding hydrogens is 312 g/mol. The van der Waals surface area contributed by atoms with Crippen LogP contribution in [0.3, 0.4) is 0 Å². The summed E-state index contributed by atoms with van der Waals surface area (Å²) in [5, 5.41) is 0. The molecule has 1 saturated heterocycles. The summed E-state index contributed by atoms with van der Waals surface area (Å²) in [5.41, 5.74) is 0.922. The Labute approximate surface area is 141 Å². The lowest BCUT2D eigenvalue weighted by molar-refractivity contribution is -0.143. The van der Waals surface area contributed by atoms with Gasteiger partial charge in [0.15, 0.2) is 0 Å². The van der Waals surface area contributed by atoms with Crippen molar-refractivity contribution in [1.82, 2.24) is 4.90 Å². The quantitative estimate of drug-likeness (QED) is 0.850. The molecule has 2 aliphatic rings. The average molecular weight is 334 g/mol. The molecule has 0 N–H and O–H groups in total. The van der Waals surface area contributed by atoms with E-state index < -0.39 is 0 Å². The fraction of sp³-hybridized carbons (Fsp3) is 0.529. The number of ether oxygens (including phenoxy) is 1. The lowest BCUT2D eigenvalue weighted by Gasteiger charge is -2.36. The molecule has 0 radical (unpaired) electrons. The van der Waals surface area contributed by atoms with Crippen LogP contribution < -0.4 is 4.90 Å². The van der Waals surface area contributed by atoms with Gasteiger partial charge in [-0.25, -0.2) is 0 Å². The normalized spacial score (nSPS) is 24.5. The second-order valence-electron chi connectivity index (χ2n) is 6.11. The number of benzene rings is 1. The van der Waals surface area contributed by atoms with E-state index in [0.29, 0.717) is 31.8 Å². The summed E-state index contributed by atoms with van der Waals surface area (Å²) in [6, 6.07) is 7.87. The first kappa shape index (κ1) is 16.3. The summed E-state index contributed by atoms with van der Waals surface area (Å²) in [6.07, 6.45) is 0.484. The van der Waals surface area contributed by atoms with Crippen LogP contribution in [-0.4, -0.2) is 54.3 Å². The number of amides is 2. The van der Waals surface area contributed by atoms with Gasteiger partial charge in [-0.15, -0.1) is 11.8 Å². The number of anilines is 1. The van der Waals surface area contributed by atoms with Gasteiger partial charge in [-0.3, -0.25) is 9.59 Å². The molecule has 2 amide bonds. The van der Waals surface area contributed by atoms with Crippen LogP contribution in [-0.2, 0) is 14.3 Å². The largest absolute Gasteiger partial charge is 0.372 e. The molecule has 0 spiro atoms. The summed E-state index contributed by atoms with van der Waals surface area (Å²) in [7, 11) is 0. The molecule has 0 saturated carbocycles. The van der Waals surface area contributed by atoms with Crippen LogP contribution in [0.25, 0.3) is 0 Å². The third-order valence-electron chi connectivity index (χ3n) is 4.13. The summed E-state index contributed by atoms with van der Waals surface area (Å²) in [4.78, 5) is 29.4. The number of nitrogens with zero attached hydrogens (tertiary/aromatic N) is 2. The first-order valence-corrected chi connectivity index (χ1v) is 8.98. The Morgan fingerprint density at radius 3 is 2.70 bits per heavy atom. The molecule has 2 atom stereocenters. The van der Waals surface area contributed by atoms with Crippen molar-refractivity contribution in [3.05, 3.63) is 24.3 Å². The molecule has 3 rings (SSSR count). The molecule has 1 fully saturated rings. The molecule has 124 valence electrons. The van der Waals surface area contributed by atoms with Gasteiger partial charge in [-0.1, -0.05) is 12.1 Å². The van der Waals surface area contributed by atoms with Crippen molar-refractivity contribution in [1.29, 1.82) is 0 Å². The number of carbonyl (C=O) groups is 2. The van der Waals surface area contributed by atoms with Gasteiger partial charge in [0.05, 0.1) is 23.6 Å². The monoisotopic (exact) mass is 334 g/mol. The van der Waals surface area contributed by atoms with Gasteiger partial charge in [-0.05, 0) is 26.0 Å². The number of thioether (sulfide) groups is 1. The van der Waals surface area contributed by atoms with Gasteiger partial charge < -0.3 is 14.5 Å². The Kier molecular flexibility index (Phi) is 4.92. The number of carbonyl (C=O) groups excluding carboxylic acids is 2.